The van der Waals surface area contributed by atoms with Crippen molar-refractivity contribution in [1.82, 2.24) is 19.9 Å². The summed E-state index contributed by atoms with van der Waals surface area (Å²) in [6, 6.07) is 8.90. The third-order valence-electron chi connectivity index (χ3n) is 5.03. The first-order valence-electron chi connectivity index (χ1n) is 9.24. The van der Waals surface area contributed by atoms with Gasteiger partial charge in [-0.15, -0.1) is 0 Å². The molecule has 2 aliphatic heterocycles. The molecule has 1 fully saturated rings. The summed E-state index contributed by atoms with van der Waals surface area (Å²) in [5.74, 6) is 2.27. The maximum atomic E-state index is 5.64. The Balaban J connectivity index is 1.41. The summed E-state index contributed by atoms with van der Waals surface area (Å²) in [5.41, 5.74) is 3.33. The highest BCUT2D eigenvalue weighted by Gasteiger charge is 2.29. The topological polar surface area (TPSA) is 60.4 Å². The van der Waals surface area contributed by atoms with Crippen molar-refractivity contribution in [2.45, 2.75) is 38.9 Å². The van der Waals surface area contributed by atoms with Gasteiger partial charge in [0.15, 0.2) is 5.75 Å². The molecule has 26 heavy (non-hydrogen) atoms. The van der Waals surface area contributed by atoms with E-state index in [1.807, 2.05) is 19.9 Å². The summed E-state index contributed by atoms with van der Waals surface area (Å²) in [6.07, 6.45) is 1.17. The largest absolute Gasteiger partial charge is 0.484 e. The zero-order valence-corrected chi connectivity index (χ0v) is 16.7. The zero-order chi connectivity index (χ0) is 18.1. The molecule has 0 N–H and O–H groups in total. The summed E-state index contributed by atoms with van der Waals surface area (Å²) >= 11 is 0. The number of rotatable bonds is 4. The Hall–Kier alpha value is -1.99. The first kappa shape index (κ1) is 17.4. The number of pyridine rings is 1. The molecule has 1 saturated heterocycles. The summed E-state index contributed by atoms with van der Waals surface area (Å²) in [6.45, 7) is 8.57. The second kappa shape index (κ2) is 7.32. The summed E-state index contributed by atoms with van der Waals surface area (Å²) in [4.78, 5) is 16.3. The number of hydrogen-bond donors (Lipinski definition) is 0. The maximum Gasteiger partial charge on any atom is 0.257 e. The highest BCUT2D eigenvalue weighted by atomic mass is 28.3. The molecule has 0 aromatic carbocycles. The molecule has 0 saturated carbocycles. The van der Waals surface area contributed by atoms with Crippen molar-refractivity contribution in [3.63, 3.8) is 0 Å². The van der Waals surface area contributed by atoms with Crippen molar-refractivity contribution in [2.24, 2.45) is 0 Å². The van der Waals surface area contributed by atoms with Crippen LogP contribution in [-0.4, -0.2) is 54.6 Å². The number of fused-ring (bicyclic) bond motifs is 1. The lowest BCUT2D eigenvalue weighted by atomic mass is 10.2. The van der Waals surface area contributed by atoms with Crippen LogP contribution >= 0.6 is 0 Å². The van der Waals surface area contributed by atoms with E-state index in [0.29, 0.717) is 25.1 Å². The van der Waals surface area contributed by atoms with Crippen LogP contribution in [0.2, 0.25) is 6.04 Å². The minimum absolute atomic E-state index is 0.294. The van der Waals surface area contributed by atoms with Gasteiger partial charge in [0.05, 0.1) is 14.5 Å². The summed E-state index contributed by atoms with van der Waals surface area (Å²) in [7, 11) is -0.462. The predicted octanol–water partition coefficient (Wildman–Crippen LogP) is 2.45. The molecule has 0 spiro atoms. The summed E-state index contributed by atoms with van der Waals surface area (Å²) in [5, 5.41) is 0. The Morgan fingerprint density at radius 3 is 2.85 bits per heavy atom. The third kappa shape index (κ3) is 3.73. The van der Waals surface area contributed by atoms with Crippen LogP contribution in [0, 0.1) is 13.8 Å². The van der Waals surface area contributed by atoms with E-state index < -0.39 is 8.80 Å². The molecule has 6 nitrogen and oxygen atoms in total. The van der Waals surface area contributed by atoms with Gasteiger partial charge >= 0.3 is 0 Å². The van der Waals surface area contributed by atoms with Gasteiger partial charge < -0.3 is 9.47 Å². The molecule has 0 aliphatic carbocycles. The van der Waals surface area contributed by atoms with Crippen LogP contribution in [0.4, 0.5) is 0 Å². The van der Waals surface area contributed by atoms with Crippen molar-refractivity contribution >= 4 is 8.80 Å². The van der Waals surface area contributed by atoms with Gasteiger partial charge in [0.2, 0.25) is 0 Å². The first-order chi connectivity index (χ1) is 12.6. The van der Waals surface area contributed by atoms with Crippen molar-refractivity contribution in [1.29, 1.82) is 0 Å². The Morgan fingerprint density at radius 1 is 1.15 bits per heavy atom. The van der Waals surface area contributed by atoms with Gasteiger partial charge in [0, 0.05) is 17.4 Å². The van der Waals surface area contributed by atoms with Crippen molar-refractivity contribution in [3.05, 3.63) is 41.1 Å². The minimum atomic E-state index is -0.462. The number of hydrogen-bond acceptors (Lipinski definition) is 6. The van der Waals surface area contributed by atoms with Crippen molar-refractivity contribution in [2.75, 3.05) is 25.9 Å². The van der Waals surface area contributed by atoms with E-state index in [1.54, 1.807) is 0 Å². The molecule has 0 amide bonds. The van der Waals surface area contributed by atoms with Gasteiger partial charge in [-0.1, -0.05) is 0 Å². The van der Waals surface area contributed by atoms with Crippen LogP contribution < -0.4 is 9.47 Å². The number of aromatic nitrogens is 3. The van der Waals surface area contributed by atoms with Crippen LogP contribution in [0.15, 0.2) is 18.2 Å². The van der Waals surface area contributed by atoms with E-state index in [-0.39, 0.29) is 0 Å². The van der Waals surface area contributed by atoms with Gasteiger partial charge in [0.1, 0.15) is 19.0 Å². The average molecular weight is 370 g/mol. The smallest absolute Gasteiger partial charge is 0.257 e. The van der Waals surface area contributed by atoms with E-state index >= 15 is 0 Å². The fourth-order valence-electron chi connectivity index (χ4n) is 3.73. The van der Waals surface area contributed by atoms with Gasteiger partial charge in [-0.3, -0.25) is 4.90 Å². The maximum absolute atomic E-state index is 5.64. The Bertz CT molecular complexity index is 781. The van der Waals surface area contributed by atoms with Crippen LogP contribution in [0.25, 0.3) is 0 Å². The zero-order valence-electron chi connectivity index (χ0n) is 15.7. The Morgan fingerprint density at radius 2 is 2.00 bits per heavy atom. The lowest BCUT2D eigenvalue weighted by Gasteiger charge is -2.25. The molecule has 0 bridgehead atoms. The lowest BCUT2D eigenvalue weighted by Crippen LogP contribution is -2.29. The van der Waals surface area contributed by atoms with Crippen LogP contribution in [0.3, 0.4) is 0 Å². The average Bonchev–Trinajstić information content (AvgIpc) is 3.08. The molecular formula is C19H25N4O2Si. The second-order valence-electron chi connectivity index (χ2n) is 7.11. The minimum Gasteiger partial charge on any atom is -0.484 e. The van der Waals surface area contributed by atoms with Crippen LogP contribution in [0.5, 0.6) is 11.6 Å². The summed E-state index contributed by atoms with van der Waals surface area (Å²) < 4.78 is 11.2. The van der Waals surface area contributed by atoms with E-state index in [0.717, 1.165) is 35.6 Å². The molecule has 2 aromatic rings. The molecule has 2 aliphatic rings. The molecule has 1 radical (unpaired) electrons. The predicted molar refractivity (Wildman–Crippen MR) is 101 cm³/mol. The van der Waals surface area contributed by atoms with Crippen LogP contribution in [-0.2, 0) is 6.04 Å². The molecule has 137 valence electrons. The Labute approximate surface area is 156 Å². The lowest BCUT2D eigenvalue weighted by molar-refractivity contribution is 0.162. The molecule has 1 unspecified atom stereocenters. The quantitative estimate of drug-likeness (QED) is 0.772. The molecule has 2 aromatic heterocycles. The number of nitrogens with zero attached hydrogens (tertiary/aromatic N) is 4. The third-order valence-corrected chi connectivity index (χ3v) is 7.68. The van der Waals surface area contributed by atoms with Gasteiger partial charge in [-0.2, -0.15) is 0 Å². The highest BCUT2D eigenvalue weighted by molar-refractivity contribution is 6.59. The monoisotopic (exact) mass is 369 g/mol. The van der Waals surface area contributed by atoms with Crippen molar-refractivity contribution in [3.8, 4) is 11.6 Å². The van der Waals surface area contributed by atoms with Gasteiger partial charge in [0.25, 0.3) is 5.88 Å². The fraction of sp³-hybridized carbons (Fsp3) is 0.526. The highest BCUT2D eigenvalue weighted by Crippen LogP contribution is 2.31. The Kier molecular flexibility index (Phi) is 4.91. The molecule has 4 heterocycles. The van der Waals surface area contributed by atoms with E-state index in [2.05, 4.69) is 33.9 Å². The van der Waals surface area contributed by atoms with Crippen LogP contribution in [0.1, 0.15) is 35.9 Å². The second-order valence-corrected chi connectivity index (χ2v) is 9.78. The fourth-order valence-corrected chi connectivity index (χ4v) is 6.48. The van der Waals surface area contributed by atoms with E-state index in [9.17, 15) is 0 Å². The van der Waals surface area contributed by atoms with Gasteiger partial charge in [-0.25, -0.2) is 15.0 Å². The van der Waals surface area contributed by atoms with Crippen molar-refractivity contribution < 1.29 is 9.47 Å². The van der Waals surface area contributed by atoms with E-state index in [1.165, 1.54) is 17.9 Å². The van der Waals surface area contributed by atoms with E-state index in [4.69, 9.17) is 14.5 Å². The molecule has 7 heteroatoms. The molecule has 4 rings (SSSR count). The molecule has 1 atom stereocenters. The molecular weight excluding hydrogens is 344 g/mol. The number of ether oxygens (including phenoxy) is 2. The SMILES string of the molecule is Cc1cc(C[Si]2CCN(C(C)c3ccc4c(n3)OCCO4)C2)nc(C)n1. The normalized spacial score (nSPS) is 18.9. The number of aryl methyl sites for hydroxylation is 2. The first-order valence-corrected chi connectivity index (χ1v) is 11.4. The van der Waals surface area contributed by atoms with Gasteiger partial charge in [-0.05, 0) is 63.8 Å². The standard InChI is InChI=1S/C19H25N4O2Si/c1-13-10-16(21-15(3)20-13)11-26-9-6-23(12-26)14(2)17-4-5-18-19(22-17)25-8-7-24-18/h4-5,10,14H,6-9,11-12H2,1-3H3.